The number of amides is 1. The average molecular weight is 393 g/mol. The van der Waals surface area contributed by atoms with Gasteiger partial charge in [0.25, 0.3) is 5.91 Å². The molecule has 2 aromatic rings. The minimum atomic E-state index is -4.43. The summed E-state index contributed by atoms with van der Waals surface area (Å²) in [4.78, 5) is 24.2. The summed E-state index contributed by atoms with van der Waals surface area (Å²) in [6.45, 7) is 1.72. The van der Waals surface area contributed by atoms with Crippen molar-refractivity contribution in [2.75, 3.05) is 12.0 Å². The van der Waals surface area contributed by atoms with Gasteiger partial charge in [-0.2, -0.15) is 18.3 Å². The number of carbonyl (C=O) groups is 2. The summed E-state index contributed by atoms with van der Waals surface area (Å²) in [5.41, 5.74) is 2.34. The number of benzene rings is 2. The maximum absolute atomic E-state index is 12.6. The number of anilines is 1. The van der Waals surface area contributed by atoms with Crippen LogP contribution in [0.4, 0.5) is 18.9 Å². The van der Waals surface area contributed by atoms with Gasteiger partial charge < -0.3 is 10.1 Å². The van der Waals surface area contributed by atoms with E-state index in [4.69, 9.17) is 4.74 Å². The third-order valence-electron chi connectivity index (χ3n) is 3.49. The number of alkyl halides is 3. The molecule has 2 N–H and O–H groups in total. The Balaban J connectivity index is 2.05. The summed E-state index contributed by atoms with van der Waals surface area (Å²) in [6, 6.07) is 11.3. The summed E-state index contributed by atoms with van der Waals surface area (Å²) in [6.07, 6.45) is -3.32. The van der Waals surface area contributed by atoms with Crippen molar-refractivity contribution in [2.45, 2.75) is 19.1 Å². The van der Waals surface area contributed by atoms with Gasteiger partial charge in [0.1, 0.15) is 0 Å². The standard InChI is InChI=1S/C19H18F3N3O3/c1-2-28-18(27)16(24-17(26)13-6-4-3-5-7-13)12-23-25-15-10-8-14(9-11-15)19(20,21)22/h3-12,16,25H,2H2,1H3,(H,24,26)/b23-12+. The van der Waals surface area contributed by atoms with E-state index in [0.29, 0.717) is 5.56 Å². The molecule has 2 aromatic carbocycles. The van der Waals surface area contributed by atoms with E-state index in [9.17, 15) is 22.8 Å². The first kappa shape index (κ1) is 20.9. The van der Waals surface area contributed by atoms with Crippen LogP contribution in [0.1, 0.15) is 22.8 Å². The molecule has 0 aliphatic rings. The Morgan fingerprint density at radius 2 is 1.75 bits per heavy atom. The second-order valence-corrected chi connectivity index (χ2v) is 5.53. The molecule has 1 unspecified atom stereocenters. The fourth-order valence-corrected chi connectivity index (χ4v) is 2.12. The number of carbonyl (C=O) groups excluding carboxylic acids is 2. The van der Waals surface area contributed by atoms with Crippen LogP contribution in [0.5, 0.6) is 0 Å². The Labute approximate surface area is 159 Å². The van der Waals surface area contributed by atoms with E-state index in [2.05, 4.69) is 15.8 Å². The fourth-order valence-electron chi connectivity index (χ4n) is 2.12. The molecular weight excluding hydrogens is 375 g/mol. The fraction of sp³-hybridized carbons (Fsp3) is 0.211. The number of ether oxygens (including phenoxy) is 1. The van der Waals surface area contributed by atoms with Crippen molar-refractivity contribution in [1.29, 1.82) is 0 Å². The number of hydrazone groups is 1. The van der Waals surface area contributed by atoms with Gasteiger partial charge in [0, 0.05) is 5.56 Å². The van der Waals surface area contributed by atoms with E-state index in [1.807, 2.05) is 0 Å². The molecule has 9 heteroatoms. The van der Waals surface area contributed by atoms with E-state index in [-0.39, 0.29) is 12.3 Å². The number of halogens is 3. The van der Waals surface area contributed by atoms with Gasteiger partial charge in [-0.05, 0) is 43.3 Å². The van der Waals surface area contributed by atoms with Crippen molar-refractivity contribution in [2.24, 2.45) is 5.10 Å². The molecule has 0 bridgehead atoms. The number of esters is 1. The summed E-state index contributed by atoms with van der Waals surface area (Å²) in [5, 5.41) is 6.29. The summed E-state index contributed by atoms with van der Waals surface area (Å²) in [7, 11) is 0. The first-order chi connectivity index (χ1) is 13.3. The molecule has 148 valence electrons. The van der Waals surface area contributed by atoms with Crippen LogP contribution in [0, 0.1) is 0 Å². The van der Waals surface area contributed by atoms with Gasteiger partial charge in [0.05, 0.1) is 24.1 Å². The second-order valence-electron chi connectivity index (χ2n) is 5.53. The lowest BCUT2D eigenvalue weighted by atomic mass is 10.2. The van der Waals surface area contributed by atoms with Gasteiger partial charge in [-0.25, -0.2) is 4.79 Å². The molecule has 0 aliphatic heterocycles. The highest BCUT2D eigenvalue weighted by Crippen LogP contribution is 2.29. The van der Waals surface area contributed by atoms with Crippen molar-refractivity contribution in [1.82, 2.24) is 5.32 Å². The van der Waals surface area contributed by atoms with Crippen molar-refractivity contribution in [3.05, 3.63) is 65.7 Å². The quantitative estimate of drug-likeness (QED) is 0.429. The van der Waals surface area contributed by atoms with Crippen molar-refractivity contribution in [3.8, 4) is 0 Å². The Hall–Kier alpha value is -3.36. The first-order valence-electron chi connectivity index (χ1n) is 8.30. The first-order valence-corrected chi connectivity index (χ1v) is 8.30. The molecule has 0 fully saturated rings. The van der Waals surface area contributed by atoms with Crippen LogP contribution in [-0.2, 0) is 15.7 Å². The average Bonchev–Trinajstić information content (AvgIpc) is 2.67. The molecule has 6 nitrogen and oxygen atoms in total. The zero-order valence-electron chi connectivity index (χ0n) is 14.9. The van der Waals surface area contributed by atoms with Crippen LogP contribution in [0.2, 0.25) is 0 Å². The number of hydrogen-bond acceptors (Lipinski definition) is 5. The topological polar surface area (TPSA) is 79.8 Å². The van der Waals surface area contributed by atoms with Crippen LogP contribution < -0.4 is 10.7 Å². The van der Waals surface area contributed by atoms with Gasteiger partial charge >= 0.3 is 12.1 Å². The number of hydrogen-bond donors (Lipinski definition) is 2. The van der Waals surface area contributed by atoms with Crippen LogP contribution >= 0.6 is 0 Å². The Kier molecular flexibility index (Phi) is 7.14. The predicted octanol–water partition coefficient (Wildman–Crippen LogP) is 3.46. The molecule has 0 spiro atoms. The van der Waals surface area contributed by atoms with E-state index >= 15 is 0 Å². The molecule has 1 atom stereocenters. The maximum Gasteiger partial charge on any atom is 0.416 e. The molecule has 0 aliphatic carbocycles. The Bertz CT molecular complexity index is 822. The smallest absolute Gasteiger partial charge is 0.416 e. The lowest BCUT2D eigenvalue weighted by Gasteiger charge is -2.13. The molecule has 0 radical (unpaired) electrons. The lowest BCUT2D eigenvalue weighted by molar-refractivity contribution is -0.143. The summed E-state index contributed by atoms with van der Waals surface area (Å²) in [5.74, 6) is -1.22. The van der Waals surface area contributed by atoms with E-state index < -0.39 is 29.7 Å². The van der Waals surface area contributed by atoms with Crippen LogP contribution in [-0.4, -0.2) is 30.7 Å². The third kappa shape index (κ3) is 6.11. The largest absolute Gasteiger partial charge is 0.464 e. The molecule has 0 saturated heterocycles. The minimum absolute atomic E-state index is 0.108. The molecule has 2 rings (SSSR count). The lowest BCUT2D eigenvalue weighted by Crippen LogP contribution is -2.43. The predicted molar refractivity (Wildman–Crippen MR) is 97.9 cm³/mol. The summed E-state index contributed by atoms with van der Waals surface area (Å²) >= 11 is 0. The zero-order chi connectivity index (χ0) is 20.6. The highest BCUT2D eigenvalue weighted by Gasteiger charge is 2.29. The molecule has 0 saturated carbocycles. The summed E-state index contributed by atoms with van der Waals surface area (Å²) < 4.78 is 42.6. The van der Waals surface area contributed by atoms with Crippen LogP contribution in [0.15, 0.2) is 59.7 Å². The van der Waals surface area contributed by atoms with E-state index in [0.717, 1.165) is 18.3 Å². The minimum Gasteiger partial charge on any atom is -0.464 e. The molecule has 0 aromatic heterocycles. The van der Waals surface area contributed by atoms with Gasteiger partial charge in [-0.15, -0.1) is 0 Å². The van der Waals surface area contributed by atoms with Crippen molar-refractivity contribution >= 4 is 23.8 Å². The second kappa shape index (κ2) is 9.54. The molecular formula is C19H18F3N3O3. The van der Waals surface area contributed by atoms with Gasteiger partial charge in [-0.1, -0.05) is 18.2 Å². The van der Waals surface area contributed by atoms with Crippen LogP contribution in [0.3, 0.4) is 0 Å². The van der Waals surface area contributed by atoms with Crippen LogP contribution in [0.25, 0.3) is 0 Å². The number of rotatable bonds is 7. The van der Waals surface area contributed by atoms with Gasteiger partial charge in [0.15, 0.2) is 6.04 Å². The Morgan fingerprint density at radius 1 is 1.11 bits per heavy atom. The highest BCUT2D eigenvalue weighted by molar-refractivity contribution is 6.03. The maximum atomic E-state index is 12.6. The van der Waals surface area contributed by atoms with E-state index in [1.165, 1.54) is 12.1 Å². The SMILES string of the molecule is CCOC(=O)C(/C=N/Nc1ccc(C(F)(F)F)cc1)NC(=O)c1ccccc1. The van der Waals surface area contributed by atoms with Gasteiger partial charge in [0.2, 0.25) is 0 Å². The van der Waals surface area contributed by atoms with Crippen molar-refractivity contribution in [3.63, 3.8) is 0 Å². The zero-order valence-corrected chi connectivity index (χ0v) is 14.9. The number of nitrogens with one attached hydrogen (secondary N) is 2. The highest BCUT2D eigenvalue weighted by atomic mass is 19.4. The van der Waals surface area contributed by atoms with E-state index in [1.54, 1.807) is 37.3 Å². The molecule has 28 heavy (non-hydrogen) atoms. The monoisotopic (exact) mass is 393 g/mol. The van der Waals surface area contributed by atoms with Gasteiger partial charge in [-0.3, -0.25) is 10.2 Å². The van der Waals surface area contributed by atoms with Crippen molar-refractivity contribution < 1.29 is 27.5 Å². The Morgan fingerprint density at radius 3 is 2.32 bits per heavy atom. The normalized spacial score (nSPS) is 12.4. The third-order valence-corrected chi connectivity index (χ3v) is 3.49. The molecule has 0 heterocycles. The number of nitrogens with zero attached hydrogens (tertiary/aromatic N) is 1. The molecule has 1 amide bonds.